The molecule has 0 aromatic rings. The maximum absolute atomic E-state index is 10.6. The SMILES string of the molecule is C=CCC(=O)C(Br)Br. The number of Topliss-reactive ketones (excluding diaryl/α,β-unsaturated/α-hetero) is 1. The Morgan fingerprint density at radius 3 is 2.38 bits per heavy atom. The lowest BCUT2D eigenvalue weighted by Gasteiger charge is -1.93. The third-order valence-electron chi connectivity index (χ3n) is 0.589. The summed E-state index contributed by atoms with van der Waals surface area (Å²) in [7, 11) is 0. The minimum atomic E-state index is -0.215. The fourth-order valence-corrected chi connectivity index (χ4v) is 0.605. The van der Waals surface area contributed by atoms with Gasteiger partial charge in [0.05, 0.1) is 0 Å². The van der Waals surface area contributed by atoms with Crippen molar-refractivity contribution in [1.29, 1.82) is 0 Å². The van der Waals surface area contributed by atoms with Gasteiger partial charge in [0.25, 0.3) is 0 Å². The second-order valence-electron chi connectivity index (χ2n) is 1.26. The molecule has 0 aliphatic rings. The zero-order valence-corrected chi connectivity index (χ0v) is 7.41. The zero-order valence-electron chi connectivity index (χ0n) is 4.23. The number of carbonyl (C=O) groups is 1. The van der Waals surface area contributed by atoms with Crippen LogP contribution in [0.25, 0.3) is 0 Å². The molecule has 0 fully saturated rings. The molecule has 0 aliphatic heterocycles. The molecule has 0 aromatic carbocycles. The van der Waals surface area contributed by atoms with E-state index in [4.69, 9.17) is 0 Å². The Hall–Kier alpha value is 0.370. The highest BCUT2D eigenvalue weighted by Crippen LogP contribution is 2.10. The molecule has 0 bridgehead atoms. The summed E-state index contributed by atoms with van der Waals surface area (Å²) in [5, 5.41) is 0. The van der Waals surface area contributed by atoms with Gasteiger partial charge in [0, 0.05) is 6.42 Å². The van der Waals surface area contributed by atoms with Crippen LogP contribution in [-0.4, -0.2) is 9.52 Å². The molecule has 0 amide bonds. The molecule has 0 heterocycles. The number of halogens is 2. The Labute approximate surface area is 65.4 Å². The second kappa shape index (κ2) is 4.27. The van der Waals surface area contributed by atoms with Crippen LogP contribution in [0.2, 0.25) is 0 Å². The largest absolute Gasteiger partial charge is 0.297 e. The van der Waals surface area contributed by atoms with Gasteiger partial charge in [0.15, 0.2) is 5.78 Å². The first-order chi connectivity index (χ1) is 3.68. The van der Waals surface area contributed by atoms with Gasteiger partial charge in [-0.3, -0.25) is 4.79 Å². The van der Waals surface area contributed by atoms with E-state index in [2.05, 4.69) is 38.4 Å². The number of ketones is 1. The van der Waals surface area contributed by atoms with Crippen molar-refractivity contribution < 1.29 is 4.79 Å². The zero-order chi connectivity index (χ0) is 6.57. The van der Waals surface area contributed by atoms with Crippen LogP contribution >= 0.6 is 31.9 Å². The summed E-state index contributed by atoms with van der Waals surface area (Å²) in [6, 6.07) is 0. The van der Waals surface area contributed by atoms with Gasteiger partial charge in [-0.15, -0.1) is 6.58 Å². The Morgan fingerprint density at radius 2 is 2.25 bits per heavy atom. The number of carbonyl (C=O) groups excluding carboxylic acids is 1. The molecule has 46 valence electrons. The minimum Gasteiger partial charge on any atom is -0.297 e. The molecule has 0 spiro atoms. The maximum Gasteiger partial charge on any atom is 0.160 e. The number of hydrogen-bond acceptors (Lipinski definition) is 1. The van der Waals surface area contributed by atoms with E-state index in [1.165, 1.54) is 0 Å². The van der Waals surface area contributed by atoms with Crippen molar-refractivity contribution in [2.24, 2.45) is 0 Å². The molecule has 0 N–H and O–H groups in total. The molecule has 0 rings (SSSR count). The molecule has 8 heavy (non-hydrogen) atoms. The summed E-state index contributed by atoms with van der Waals surface area (Å²) >= 11 is 6.12. The number of alkyl halides is 2. The van der Waals surface area contributed by atoms with E-state index in [-0.39, 0.29) is 9.52 Å². The van der Waals surface area contributed by atoms with Crippen molar-refractivity contribution >= 4 is 37.6 Å². The van der Waals surface area contributed by atoms with Crippen LogP contribution in [-0.2, 0) is 4.79 Å². The first kappa shape index (κ1) is 8.37. The quantitative estimate of drug-likeness (QED) is 0.547. The maximum atomic E-state index is 10.6. The number of rotatable bonds is 3. The molecule has 3 heteroatoms. The van der Waals surface area contributed by atoms with Crippen molar-refractivity contribution in [2.75, 3.05) is 0 Å². The van der Waals surface area contributed by atoms with Crippen molar-refractivity contribution in [2.45, 2.75) is 10.2 Å². The summed E-state index contributed by atoms with van der Waals surface area (Å²) in [4.78, 5) is 10.6. The Kier molecular flexibility index (Phi) is 4.47. The van der Waals surface area contributed by atoms with Crippen LogP contribution in [0.1, 0.15) is 6.42 Å². The molecule has 0 saturated carbocycles. The predicted octanol–water partition coefficient (Wildman–Crippen LogP) is 2.25. The van der Waals surface area contributed by atoms with Gasteiger partial charge in [-0.25, -0.2) is 0 Å². The molecular weight excluding hydrogens is 236 g/mol. The molecule has 1 nitrogen and oxygen atoms in total. The van der Waals surface area contributed by atoms with Gasteiger partial charge < -0.3 is 0 Å². The number of allylic oxidation sites excluding steroid dienone is 1. The van der Waals surface area contributed by atoms with Crippen LogP contribution in [0.4, 0.5) is 0 Å². The minimum absolute atomic E-state index is 0.0972. The molecular formula is C5H6Br2O. The lowest BCUT2D eigenvalue weighted by atomic mass is 10.3. The molecule has 0 unspecified atom stereocenters. The summed E-state index contributed by atoms with van der Waals surface area (Å²) in [5.74, 6) is 0.0972. The first-order valence-corrected chi connectivity index (χ1v) is 3.93. The highest BCUT2D eigenvalue weighted by molar-refractivity contribution is 9.25. The average molecular weight is 242 g/mol. The fourth-order valence-electron chi connectivity index (χ4n) is 0.231. The summed E-state index contributed by atoms with van der Waals surface area (Å²) in [6.45, 7) is 3.42. The van der Waals surface area contributed by atoms with Crippen LogP contribution in [0.5, 0.6) is 0 Å². The molecule has 0 saturated heterocycles. The van der Waals surface area contributed by atoms with E-state index < -0.39 is 0 Å². The van der Waals surface area contributed by atoms with Gasteiger partial charge in [0.2, 0.25) is 0 Å². The van der Waals surface area contributed by atoms with Crippen LogP contribution in [0, 0.1) is 0 Å². The number of hydrogen-bond donors (Lipinski definition) is 0. The van der Waals surface area contributed by atoms with Gasteiger partial charge in [-0.2, -0.15) is 0 Å². The predicted molar refractivity (Wildman–Crippen MR) is 41.5 cm³/mol. The highest BCUT2D eigenvalue weighted by atomic mass is 79.9. The summed E-state index contributed by atoms with van der Waals surface area (Å²) in [5.41, 5.74) is 0. The average Bonchev–Trinajstić information content (AvgIpc) is 1.67. The van der Waals surface area contributed by atoms with Crippen molar-refractivity contribution in [3.8, 4) is 0 Å². The van der Waals surface area contributed by atoms with Crippen molar-refractivity contribution in [3.63, 3.8) is 0 Å². The molecule has 0 aliphatic carbocycles. The van der Waals surface area contributed by atoms with E-state index in [1.54, 1.807) is 6.08 Å². The molecule has 0 radical (unpaired) electrons. The van der Waals surface area contributed by atoms with E-state index in [0.717, 1.165) is 0 Å². The van der Waals surface area contributed by atoms with Crippen LogP contribution in [0.15, 0.2) is 12.7 Å². The van der Waals surface area contributed by atoms with Gasteiger partial charge in [-0.1, -0.05) is 37.9 Å². The summed E-state index contributed by atoms with van der Waals surface area (Å²) < 4.78 is -0.215. The molecule has 0 aromatic heterocycles. The Bertz CT molecular complexity index is 98.6. The standard InChI is InChI=1S/C5H6Br2O/c1-2-3-4(8)5(6)7/h2,5H,1,3H2. The van der Waals surface area contributed by atoms with Gasteiger partial charge in [0.1, 0.15) is 3.74 Å². The van der Waals surface area contributed by atoms with Crippen LogP contribution in [0.3, 0.4) is 0 Å². The van der Waals surface area contributed by atoms with Crippen molar-refractivity contribution in [1.82, 2.24) is 0 Å². The lowest BCUT2D eigenvalue weighted by Crippen LogP contribution is -2.03. The molecule has 0 atom stereocenters. The van der Waals surface area contributed by atoms with Gasteiger partial charge >= 0.3 is 0 Å². The third-order valence-corrected chi connectivity index (χ3v) is 1.61. The second-order valence-corrected chi connectivity index (χ2v) is 4.32. The highest BCUT2D eigenvalue weighted by Gasteiger charge is 2.06. The first-order valence-electron chi connectivity index (χ1n) is 2.10. The normalized spacial score (nSPS) is 9.38. The fraction of sp³-hybridized carbons (Fsp3) is 0.400. The van der Waals surface area contributed by atoms with E-state index in [9.17, 15) is 4.79 Å². The van der Waals surface area contributed by atoms with Gasteiger partial charge in [-0.05, 0) is 0 Å². The van der Waals surface area contributed by atoms with Crippen LogP contribution < -0.4 is 0 Å². The van der Waals surface area contributed by atoms with E-state index in [1.807, 2.05) is 0 Å². The Morgan fingerprint density at radius 1 is 1.75 bits per heavy atom. The van der Waals surface area contributed by atoms with E-state index >= 15 is 0 Å². The lowest BCUT2D eigenvalue weighted by molar-refractivity contribution is -0.116. The summed E-state index contributed by atoms with van der Waals surface area (Å²) in [6.07, 6.45) is 2.00. The Balaban J connectivity index is 3.48. The topological polar surface area (TPSA) is 17.1 Å². The smallest absolute Gasteiger partial charge is 0.160 e. The third kappa shape index (κ3) is 3.38. The van der Waals surface area contributed by atoms with Crippen molar-refractivity contribution in [3.05, 3.63) is 12.7 Å². The van der Waals surface area contributed by atoms with E-state index in [0.29, 0.717) is 6.42 Å². The monoisotopic (exact) mass is 240 g/mol.